The minimum atomic E-state index is -3.66. The zero-order valence-electron chi connectivity index (χ0n) is 15.8. The standard InChI is InChI=1S/C20H17N3O2S.NO3/c1-14-10-12-16(13-11-14)26(24,25)23-18-9-5-8-17-19(18)22-20(21-17)15-6-3-2-4-7-15;2-1(3)4/h2-13,23H,1H3,(H,21,22);/q;-1/p+1. The summed E-state index contributed by atoms with van der Waals surface area (Å²) in [5.74, 6) is 0.822. The lowest BCUT2D eigenvalue weighted by Crippen LogP contribution is -2.15. The van der Waals surface area contributed by atoms with Crippen molar-refractivity contribution in [3.63, 3.8) is 0 Å². The molecule has 1 aromatic heterocycles. The number of para-hydroxylation sites is 1. The minimum Gasteiger partial charge on any atom is -0.356 e. The molecule has 4 aromatic rings. The van der Waals surface area contributed by atoms with Crippen molar-refractivity contribution in [3.05, 3.63) is 93.7 Å². The summed E-state index contributed by atoms with van der Waals surface area (Å²) >= 11 is 0. The molecular weight excluding hydrogens is 408 g/mol. The molecule has 10 heteroatoms. The van der Waals surface area contributed by atoms with Crippen molar-refractivity contribution >= 4 is 26.7 Å². The Morgan fingerprint density at radius 2 is 1.57 bits per heavy atom. The number of aromatic amines is 2. The highest BCUT2D eigenvalue weighted by atomic mass is 32.2. The molecule has 0 radical (unpaired) electrons. The third-order valence-electron chi connectivity index (χ3n) is 4.21. The number of H-pyrrole nitrogens is 2. The van der Waals surface area contributed by atoms with E-state index in [1.807, 2.05) is 49.4 Å². The second kappa shape index (κ2) is 8.62. The number of sulfonamides is 1. The molecule has 0 aliphatic carbocycles. The summed E-state index contributed by atoms with van der Waals surface area (Å²) in [7, 11) is -3.66. The van der Waals surface area contributed by atoms with Gasteiger partial charge < -0.3 is 15.3 Å². The average molecular weight is 426 g/mol. The van der Waals surface area contributed by atoms with Crippen molar-refractivity contribution < 1.29 is 18.5 Å². The van der Waals surface area contributed by atoms with E-state index in [0.717, 1.165) is 22.5 Å². The maximum absolute atomic E-state index is 12.7. The van der Waals surface area contributed by atoms with Crippen LogP contribution in [0.3, 0.4) is 0 Å². The summed E-state index contributed by atoms with van der Waals surface area (Å²) < 4.78 is 28.1. The van der Waals surface area contributed by atoms with Crippen LogP contribution >= 0.6 is 0 Å². The summed E-state index contributed by atoms with van der Waals surface area (Å²) in [6, 6.07) is 22.1. The van der Waals surface area contributed by atoms with E-state index in [-0.39, 0.29) is 4.90 Å². The van der Waals surface area contributed by atoms with Crippen LogP contribution in [0.4, 0.5) is 5.69 Å². The number of anilines is 1. The second-order valence-corrected chi connectivity index (χ2v) is 8.04. The van der Waals surface area contributed by atoms with Gasteiger partial charge in [0, 0.05) is 0 Å². The van der Waals surface area contributed by atoms with Crippen LogP contribution in [-0.2, 0) is 10.0 Å². The van der Waals surface area contributed by atoms with Gasteiger partial charge in [-0.25, -0.2) is 18.4 Å². The number of hydrogen-bond acceptors (Lipinski definition) is 5. The van der Waals surface area contributed by atoms with Gasteiger partial charge in [0.2, 0.25) is 0 Å². The first-order valence-electron chi connectivity index (χ1n) is 8.77. The lowest BCUT2D eigenvalue weighted by atomic mass is 10.2. The minimum absolute atomic E-state index is 0.235. The van der Waals surface area contributed by atoms with Crippen LogP contribution in [0.2, 0.25) is 0 Å². The van der Waals surface area contributed by atoms with Crippen molar-refractivity contribution in [2.45, 2.75) is 11.8 Å². The van der Waals surface area contributed by atoms with E-state index in [1.165, 1.54) is 0 Å². The molecule has 0 saturated carbocycles. The van der Waals surface area contributed by atoms with Crippen molar-refractivity contribution in [1.29, 1.82) is 0 Å². The Kier molecular flexibility index (Phi) is 5.98. The highest BCUT2D eigenvalue weighted by Gasteiger charge is 2.20. The second-order valence-electron chi connectivity index (χ2n) is 6.36. The molecule has 0 saturated heterocycles. The summed E-state index contributed by atoms with van der Waals surface area (Å²) in [6.45, 7) is 1.92. The number of benzene rings is 3. The Hall–Kier alpha value is -3.92. The van der Waals surface area contributed by atoms with Crippen molar-refractivity contribution in [2.24, 2.45) is 0 Å². The Bertz CT molecular complexity index is 1270. The third kappa shape index (κ3) is 4.92. The molecule has 30 heavy (non-hydrogen) atoms. The fourth-order valence-electron chi connectivity index (χ4n) is 2.84. The Morgan fingerprint density at radius 3 is 2.20 bits per heavy atom. The number of aromatic nitrogens is 2. The Balaban J connectivity index is 0.000000589. The average Bonchev–Trinajstić information content (AvgIpc) is 3.14. The Morgan fingerprint density at radius 1 is 0.933 bits per heavy atom. The van der Waals surface area contributed by atoms with E-state index in [2.05, 4.69) is 14.7 Å². The fourth-order valence-corrected chi connectivity index (χ4v) is 3.91. The van der Waals surface area contributed by atoms with E-state index >= 15 is 0 Å². The van der Waals surface area contributed by atoms with Gasteiger partial charge in [0.1, 0.15) is 0 Å². The van der Waals surface area contributed by atoms with Crippen molar-refractivity contribution in [2.75, 3.05) is 4.72 Å². The number of nitrogens with zero attached hydrogens (tertiary/aromatic N) is 1. The van der Waals surface area contributed by atoms with Crippen LogP contribution in [-0.4, -0.2) is 18.5 Å². The number of fused-ring (bicyclic) bond motifs is 1. The van der Waals surface area contributed by atoms with E-state index in [4.69, 9.17) is 15.3 Å². The molecule has 154 valence electrons. The van der Waals surface area contributed by atoms with Gasteiger partial charge in [0.05, 0.1) is 21.2 Å². The molecule has 3 aromatic carbocycles. The number of rotatable bonds is 4. The van der Waals surface area contributed by atoms with E-state index < -0.39 is 15.1 Å². The first-order chi connectivity index (χ1) is 14.3. The molecule has 0 spiro atoms. The molecule has 0 bridgehead atoms. The molecule has 0 aliphatic rings. The summed E-state index contributed by atoms with van der Waals surface area (Å²) in [6.07, 6.45) is 0. The molecule has 0 fully saturated rings. The highest BCUT2D eigenvalue weighted by Crippen LogP contribution is 2.24. The molecule has 0 unspecified atom stereocenters. The molecule has 9 nitrogen and oxygen atoms in total. The first-order valence-corrected chi connectivity index (χ1v) is 10.2. The van der Waals surface area contributed by atoms with Gasteiger partial charge in [-0.1, -0.05) is 42.0 Å². The quantitative estimate of drug-likeness (QED) is 0.379. The van der Waals surface area contributed by atoms with Gasteiger partial charge in [0.25, 0.3) is 15.8 Å². The maximum Gasteiger partial charge on any atom is 0.285 e. The summed E-state index contributed by atoms with van der Waals surface area (Å²) in [5.41, 5.74) is 4.05. The zero-order valence-corrected chi connectivity index (χ0v) is 16.6. The van der Waals surface area contributed by atoms with E-state index in [1.54, 1.807) is 30.3 Å². The lowest BCUT2D eigenvalue weighted by Gasteiger charge is -2.07. The first kappa shape index (κ1) is 20.8. The van der Waals surface area contributed by atoms with E-state index in [0.29, 0.717) is 11.2 Å². The fraction of sp³-hybridized carbons (Fsp3) is 0.0500. The van der Waals surface area contributed by atoms with Crippen LogP contribution < -0.4 is 9.71 Å². The maximum atomic E-state index is 12.7. The van der Waals surface area contributed by atoms with Crippen LogP contribution in [0, 0.1) is 22.2 Å². The van der Waals surface area contributed by atoms with Crippen LogP contribution in [0.1, 0.15) is 5.56 Å². The third-order valence-corrected chi connectivity index (χ3v) is 5.59. The van der Waals surface area contributed by atoms with Gasteiger partial charge in [-0.15, -0.1) is 0 Å². The van der Waals surface area contributed by atoms with Gasteiger partial charge in [-0.05, 0) is 43.3 Å². The molecule has 0 amide bonds. The van der Waals surface area contributed by atoms with E-state index in [9.17, 15) is 8.42 Å². The largest absolute Gasteiger partial charge is 0.356 e. The normalized spacial score (nSPS) is 10.8. The molecule has 1 heterocycles. The van der Waals surface area contributed by atoms with Crippen LogP contribution in [0.5, 0.6) is 0 Å². The van der Waals surface area contributed by atoms with Crippen LogP contribution in [0.15, 0.2) is 77.7 Å². The van der Waals surface area contributed by atoms with Gasteiger partial charge in [0.15, 0.2) is 11.0 Å². The molecule has 0 aliphatic heterocycles. The van der Waals surface area contributed by atoms with Crippen molar-refractivity contribution in [3.8, 4) is 11.4 Å². The highest BCUT2D eigenvalue weighted by molar-refractivity contribution is 7.92. The molecule has 0 atom stereocenters. The topological polar surface area (TPSA) is 142 Å². The SMILES string of the molecule is Cc1ccc(S(=O)(=O)Nc2cccc3[nH]c(-c4ccccc4)[nH+]c23)cc1.O=[N+]([O-])[O-]. The predicted octanol–water partition coefficient (Wildman–Crippen LogP) is 3.52. The zero-order chi connectivity index (χ0) is 21.7. The number of nitrogens with one attached hydrogen (secondary N) is 3. The molecule has 4 rings (SSSR count). The summed E-state index contributed by atoms with van der Waals surface area (Å²) in [5, 5.41) is 14.8. The van der Waals surface area contributed by atoms with Gasteiger partial charge in [-0.2, -0.15) is 0 Å². The van der Waals surface area contributed by atoms with Gasteiger partial charge in [-0.3, -0.25) is 4.72 Å². The number of imidazole rings is 1. The monoisotopic (exact) mass is 426 g/mol. The number of aryl methyl sites for hydroxylation is 1. The van der Waals surface area contributed by atoms with Crippen molar-refractivity contribution in [1.82, 2.24) is 4.98 Å². The molecule has 3 N–H and O–H groups in total. The summed E-state index contributed by atoms with van der Waals surface area (Å²) in [4.78, 5) is 15.1. The Labute approximate surface area is 172 Å². The van der Waals surface area contributed by atoms with Gasteiger partial charge >= 0.3 is 0 Å². The lowest BCUT2D eigenvalue weighted by molar-refractivity contribution is -0.402. The predicted molar refractivity (Wildman–Crippen MR) is 113 cm³/mol. The number of hydrogen-bond donors (Lipinski definition) is 2. The van der Waals surface area contributed by atoms with Crippen LogP contribution in [0.25, 0.3) is 22.4 Å². The smallest absolute Gasteiger partial charge is 0.285 e. The molecular formula is C20H18N4O5S.